The standard InChI is InChI=1S/C24H21F2N3O/c1-3-16-7-9-20-22(15(2)11-12-29(20)14-16)17-8-10-21(27-13-17)28-24(30)23-18(25)5-4-6-19(23)26/h4-13H,3,14H2,1-2H3,(H,27,28,30). The Bertz CT molecular complexity index is 1110. The van der Waals surface area contributed by atoms with E-state index in [0.29, 0.717) is 0 Å². The fraction of sp³-hybridized carbons (Fsp3) is 0.167. The Labute approximate surface area is 173 Å². The Morgan fingerprint density at radius 1 is 1.17 bits per heavy atom. The van der Waals surface area contributed by atoms with Crippen molar-refractivity contribution in [2.45, 2.75) is 20.3 Å². The molecular formula is C24H21F2N3O. The maximum atomic E-state index is 13.8. The van der Waals surface area contributed by atoms with Gasteiger partial charge in [0.05, 0.1) is 0 Å². The number of carbonyl (C=O) groups is 1. The molecule has 1 aromatic carbocycles. The molecule has 2 aromatic rings. The predicted octanol–water partition coefficient (Wildman–Crippen LogP) is 5.45. The molecule has 0 bridgehead atoms. The maximum Gasteiger partial charge on any atom is 0.262 e. The van der Waals surface area contributed by atoms with Gasteiger partial charge in [-0.15, -0.1) is 0 Å². The van der Waals surface area contributed by atoms with Crippen LogP contribution in [0.1, 0.15) is 36.2 Å². The normalized spacial score (nSPS) is 15.5. The zero-order chi connectivity index (χ0) is 21.3. The van der Waals surface area contributed by atoms with Crippen molar-refractivity contribution in [3.05, 3.63) is 101 Å². The molecule has 2 aliphatic rings. The number of nitrogens with one attached hydrogen (secondary N) is 1. The van der Waals surface area contributed by atoms with Gasteiger partial charge in [-0.05, 0) is 55.3 Å². The van der Waals surface area contributed by atoms with Crippen LogP contribution in [0.3, 0.4) is 0 Å². The Hall–Kier alpha value is -3.54. The predicted molar refractivity (Wildman–Crippen MR) is 113 cm³/mol. The van der Waals surface area contributed by atoms with Gasteiger partial charge in [0.15, 0.2) is 0 Å². The van der Waals surface area contributed by atoms with Crippen LogP contribution in [0, 0.1) is 11.6 Å². The summed E-state index contributed by atoms with van der Waals surface area (Å²) in [5, 5.41) is 2.46. The highest BCUT2D eigenvalue weighted by Crippen LogP contribution is 2.36. The van der Waals surface area contributed by atoms with Gasteiger partial charge in [-0.3, -0.25) is 4.79 Å². The van der Waals surface area contributed by atoms with Crippen molar-refractivity contribution in [3.8, 4) is 0 Å². The lowest BCUT2D eigenvalue weighted by atomic mass is 9.93. The highest BCUT2D eigenvalue weighted by molar-refractivity contribution is 6.04. The molecule has 0 atom stereocenters. The van der Waals surface area contributed by atoms with E-state index < -0.39 is 23.1 Å². The molecule has 1 amide bonds. The van der Waals surface area contributed by atoms with Gasteiger partial charge in [0.1, 0.15) is 23.0 Å². The number of anilines is 1. The lowest BCUT2D eigenvalue weighted by molar-refractivity contribution is 0.101. The monoisotopic (exact) mass is 405 g/mol. The summed E-state index contributed by atoms with van der Waals surface area (Å²) in [5.41, 5.74) is 4.91. The van der Waals surface area contributed by atoms with E-state index in [0.717, 1.165) is 47.5 Å². The summed E-state index contributed by atoms with van der Waals surface area (Å²) in [4.78, 5) is 18.8. The summed E-state index contributed by atoms with van der Waals surface area (Å²) in [7, 11) is 0. The number of hydrogen-bond donors (Lipinski definition) is 1. The molecule has 4 nitrogen and oxygen atoms in total. The van der Waals surface area contributed by atoms with E-state index >= 15 is 0 Å². The summed E-state index contributed by atoms with van der Waals surface area (Å²) < 4.78 is 27.6. The number of rotatable bonds is 4. The molecular weight excluding hydrogens is 384 g/mol. The molecule has 0 saturated carbocycles. The molecule has 30 heavy (non-hydrogen) atoms. The molecule has 0 unspecified atom stereocenters. The second-order valence-corrected chi connectivity index (χ2v) is 7.21. The lowest BCUT2D eigenvalue weighted by Gasteiger charge is -2.33. The van der Waals surface area contributed by atoms with Crippen LogP contribution in [0.4, 0.5) is 14.6 Å². The van der Waals surface area contributed by atoms with E-state index in [1.54, 1.807) is 12.3 Å². The number of nitrogens with zero attached hydrogens (tertiary/aromatic N) is 2. The van der Waals surface area contributed by atoms with E-state index in [-0.39, 0.29) is 5.82 Å². The Balaban J connectivity index is 1.59. The van der Waals surface area contributed by atoms with Crippen molar-refractivity contribution in [2.24, 2.45) is 0 Å². The Kier molecular flexibility index (Phi) is 5.31. The molecule has 1 N–H and O–H groups in total. The quantitative estimate of drug-likeness (QED) is 0.736. The minimum Gasteiger partial charge on any atom is -0.343 e. The molecule has 1 aromatic heterocycles. The highest BCUT2D eigenvalue weighted by Gasteiger charge is 2.23. The molecule has 152 valence electrons. The van der Waals surface area contributed by atoms with Crippen molar-refractivity contribution in [1.82, 2.24) is 9.88 Å². The van der Waals surface area contributed by atoms with Crippen LogP contribution in [0.25, 0.3) is 5.57 Å². The first kappa shape index (κ1) is 19.8. The van der Waals surface area contributed by atoms with E-state index in [2.05, 4.69) is 46.6 Å². The first-order chi connectivity index (χ1) is 14.5. The van der Waals surface area contributed by atoms with Gasteiger partial charge in [-0.2, -0.15) is 0 Å². The summed E-state index contributed by atoms with van der Waals surface area (Å²) in [6, 6.07) is 6.78. The molecule has 0 fully saturated rings. The molecule has 3 heterocycles. The number of pyridine rings is 1. The molecule has 0 aliphatic carbocycles. The number of benzene rings is 1. The average molecular weight is 405 g/mol. The number of carbonyl (C=O) groups excluding carboxylic acids is 1. The summed E-state index contributed by atoms with van der Waals surface area (Å²) >= 11 is 0. The molecule has 4 rings (SSSR count). The number of aromatic nitrogens is 1. The minimum atomic E-state index is -0.914. The smallest absolute Gasteiger partial charge is 0.262 e. The van der Waals surface area contributed by atoms with Crippen molar-refractivity contribution < 1.29 is 13.6 Å². The third-order valence-electron chi connectivity index (χ3n) is 5.25. The van der Waals surface area contributed by atoms with Crippen LogP contribution in [0.5, 0.6) is 0 Å². The lowest BCUT2D eigenvalue weighted by Crippen LogP contribution is -2.25. The second-order valence-electron chi connectivity index (χ2n) is 7.21. The molecule has 2 aliphatic heterocycles. The first-order valence-electron chi connectivity index (χ1n) is 9.75. The first-order valence-corrected chi connectivity index (χ1v) is 9.75. The van der Waals surface area contributed by atoms with Gasteiger partial charge in [-0.25, -0.2) is 13.8 Å². The van der Waals surface area contributed by atoms with Gasteiger partial charge in [-0.1, -0.05) is 24.6 Å². The number of allylic oxidation sites excluding steroid dienone is 5. The molecule has 6 heteroatoms. The average Bonchev–Trinajstić information content (AvgIpc) is 2.74. The molecule has 0 radical (unpaired) electrons. The van der Waals surface area contributed by atoms with Crippen LogP contribution in [0.2, 0.25) is 0 Å². The van der Waals surface area contributed by atoms with Crippen molar-refractivity contribution >= 4 is 17.3 Å². The van der Waals surface area contributed by atoms with Crippen LogP contribution >= 0.6 is 0 Å². The van der Waals surface area contributed by atoms with E-state index in [9.17, 15) is 13.6 Å². The fourth-order valence-corrected chi connectivity index (χ4v) is 3.61. The van der Waals surface area contributed by atoms with Crippen LogP contribution in [-0.4, -0.2) is 22.3 Å². The van der Waals surface area contributed by atoms with Crippen molar-refractivity contribution in [2.75, 3.05) is 11.9 Å². The van der Waals surface area contributed by atoms with E-state index in [1.807, 2.05) is 13.0 Å². The Morgan fingerprint density at radius 3 is 2.60 bits per heavy atom. The zero-order valence-electron chi connectivity index (χ0n) is 16.7. The van der Waals surface area contributed by atoms with Gasteiger partial charge in [0, 0.05) is 35.8 Å². The number of fused-ring (bicyclic) bond motifs is 1. The minimum absolute atomic E-state index is 0.221. The molecule has 0 spiro atoms. The van der Waals surface area contributed by atoms with E-state index in [4.69, 9.17) is 0 Å². The van der Waals surface area contributed by atoms with Crippen LogP contribution in [-0.2, 0) is 0 Å². The second kappa shape index (κ2) is 8.06. The number of amides is 1. The zero-order valence-corrected chi connectivity index (χ0v) is 16.7. The van der Waals surface area contributed by atoms with Crippen molar-refractivity contribution in [1.29, 1.82) is 0 Å². The van der Waals surface area contributed by atoms with Crippen molar-refractivity contribution in [3.63, 3.8) is 0 Å². The van der Waals surface area contributed by atoms with Gasteiger partial charge >= 0.3 is 0 Å². The summed E-state index contributed by atoms with van der Waals surface area (Å²) in [6.45, 7) is 5.04. The van der Waals surface area contributed by atoms with Crippen LogP contribution in [0.15, 0.2) is 77.8 Å². The van der Waals surface area contributed by atoms with Gasteiger partial charge < -0.3 is 10.2 Å². The molecule has 0 saturated heterocycles. The SMILES string of the molecule is CCC1=CC=C2C(c3ccc(NC(=O)c4c(F)cccc4F)nc3)=C(C)C=CN2C1. The van der Waals surface area contributed by atoms with Crippen LogP contribution < -0.4 is 5.32 Å². The largest absolute Gasteiger partial charge is 0.343 e. The Morgan fingerprint density at radius 2 is 1.93 bits per heavy atom. The summed E-state index contributed by atoms with van der Waals surface area (Å²) in [5.74, 6) is -2.48. The third kappa shape index (κ3) is 3.68. The maximum absolute atomic E-state index is 13.8. The topological polar surface area (TPSA) is 45.2 Å². The van der Waals surface area contributed by atoms with Gasteiger partial charge in [0.25, 0.3) is 5.91 Å². The summed E-state index contributed by atoms with van der Waals surface area (Å²) in [6.07, 6.45) is 11.1. The fourth-order valence-electron chi connectivity index (χ4n) is 3.61. The van der Waals surface area contributed by atoms with E-state index in [1.165, 1.54) is 11.6 Å². The number of hydrogen-bond acceptors (Lipinski definition) is 3. The highest BCUT2D eigenvalue weighted by atomic mass is 19.1. The van der Waals surface area contributed by atoms with Gasteiger partial charge in [0.2, 0.25) is 0 Å². The number of halogens is 2. The third-order valence-corrected chi connectivity index (χ3v) is 5.25.